The minimum absolute atomic E-state index is 0.412. The molecule has 0 aliphatic carbocycles. The summed E-state index contributed by atoms with van der Waals surface area (Å²) in [6.07, 6.45) is 1.37. The molecule has 0 radical (unpaired) electrons. The first-order valence-corrected chi connectivity index (χ1v) is 6.28. The van der Waals surface area contributed by atoms with Crippen LogP contribution in [0.5, 0.6) is 5.75 Å². The first-order valence-electron chi connectivity index (χ1n) is 6.28. The lowest BCUT2D eigenvalue weighted by molar-refractivity contribution is -0.130. The highest BCUT2D eigenvalue weighted by Gasteiger charge is 2.12. The molecule has 0 spiro atoms. The summed E-state index contributed by atoms with van der Waals surface area (Å²) in [5, 5.41) is 0. The lowest BCUT2D eigenvalue weighted by atomic mass is 10.1. The summed E-state index contributed by atoms with van der Waals surface area (Å²) < 4.78 is 10.2. The van der Waals surface area contributed by atoms with Gasteiger partial charge < -0.3 is 9.47 Å². The van der Waals surface area contributed by atoms with E-state index in [9.17, 15) is 4.79 Å². The molecule has 2 aromatic rings. The Bertz CT molecular complexity index is 615. The highest BCUT2D eigenvalue weighted by Crippen LogP contribution is 2.29. The predicted molar refractivity (Wildman–Crippen MR) is 78.3 cm³/mol. The van der Waals surface area contributed by atoms with Crippen LogP contribution in [0.4, 0.5) is 0 Å². The third-order valence-electron chi connectivity index (χ3n) is 2.79. The second-order valence-corrected chi connectivity index (χ2v) is 4.29. The van der Waals surface area contributed by atoms with Crippen molar-refractivity contribution in [1.82, 2.24) is 0 Å². The standard InChI is InChI=1S/C17H16O3/c1-13(12-19-2)17(18)20-16-11-7-6-10-15(16)14-8-4-3-5-9-14/h3-12H,1-2H3. The van der Waals surface area contributed by atoms with Crippen LogP contribution in [0, 0.1) is 0 Å². The lowest BCUT2D eigenvalue weighted by Gasteiger charge is -2.10. The normalized spacial score (nSPS) is 11.0. The summed E-state index contributed by atoms with van der Waals surface area (Å²) in [6, 6.07) is 17.3. The Labute approximate surface area is 118 Å². The largest absolute Gasteiger partial charge is 0.504 e. The molecule has 0 heterocycles. The number of carbonyl (C=O) groups is 1. The average Bonchev–Trinajstić information content (AvgIpc) is 2.49. The topological polar surface area (TPSA) is 35.5 Å². The van der Waals surface area contributed by atoms with Crippen LogP contribution >= 0.6 is 0 Å². The minimum atomic E-state index is -0.421. The number of ether oxygens (including phenoxy) is 2. The van der Waals surface area contributed by atoms with E-state index in [2.05, 4.69) is 0 Å². The van der Waals surface area contributed by atoms with Gasteiger partial charge in [-0.05, 0) is 18.6 Å². The van der Waals surface area contributed by atoms with Crippen LogP contribution in [0.1, 0.15) is 6.92 Å². The smallest absolute Gasteiger partial charge is 0.342 e. The molecule has 0 bridgehead atoms. The molecule has 3 nitrogen and oxygen atoms in total. The zero-order valence-corrected chi connectivity index (χ0v) is 11.5. The molecule has 0 N–H and O–H groups in total. The lowest BCUT2D eigenvalue weighted by Crippen LogP contribution is -2.10. The second-order valence-electron chi connectivity index (χ2n) is 4.29. The van der Waals surface area contributed by atoms with Crippen LogP contribution in [0.3, 0.4) is 0 Å². The second kappa shape index (κ2) is 6.57. The number of rotatable bonds is 4. The summed E-state index contributed by atoms with van der Waals surface area (Å²) in [5.41, 5.74) is 2.30. The molecule has 0 saturated carbocycles. The first kappa shape index (κ1) is 13.9. The van der Waals surface area contributed by atoms with Gasteiger partial charge in [-0.25, -0.2) is 4.79 Å². The molecular formula is C17H16O3. The molecule has 0 unspecified atom stereocenters. The molecule has 0 aliphatic heterocycles. The number of methoxy groups -OCH3 is 1. The van der Waals surface area contributed by atoms with E-state index in [1.807, 2.05) is 48.5 Å². The number of carbonyl (C=O) groups excluding carboxylic acids is 1. The highest BCUT2D eigenvalue weighted by atomic mass is 16.5. The van der Waals surface area contributed by atoms with Gasteiger partial charge in [0.1, 0.15) is 5.75 Å². The van der Waals surface area contributed by atoms with Crippen molar-refractivity contribution in [3.8, 4) is 16.9 Å². The van der Waals surface area contributed by atoms with Crippen molar-refractivity contribution in [2.75, 3.05) is 7.11 Å². The van der Waals surface area contributed by atoms with Crippen molar-refractivity contribution in [3.63, 3.8) is 0 Å². The van der Waals surface area contributed by atoms with Gasteiger partial charge in [-0.1, -0.05) is 48.5 Å². The molecule has 3 heteroatoms. The fraction of sp³-hybridized carbons (Fsp3) is 0.118. The van der Waals surface area contributed by atoms with Gasteiger partial charge in [0.2, 0.25) is 0 Å². The quantitative estimate of drug-likeness (QED) is 0.366. The van der Waals surface area contributed by atoms with E-state index < -0.39 is 5.97 Å². The summed E-state index contributed by atoms with van der Waals surface area (Å²) >= 11 is 0. The summed E-state index contributed by atoms with van der Waals surface area (Å²) in [6.45, 7) is 1.65. The van der Waals surface area contributed by atoms with Gasteiger partial charge in [-0.15, -0.1) is 0 Å². The molecule has 0 saturated heterocycles. The third-order valence-corrected chi connectivity index (χ3v) is 2.79. The number of benzene rings is 2. The van der Waals surface area contributed by atoms with E-state index in [-0.39, 0.29) is 0 Å². The Balaban J connectivity index is 2.30. The summed E-state index contributed by atoms with van der Waals surface area (Å²) in [5.74, 6) is 0.114. The average molecular weight is 268 g/mol. The monoisotopic (exact) mass is 268 g/mol. The van der Waals surface area contributed by atoms with Gasteiger partial charge in [-0.3, -0.25) is 0 Å². The van der Waals surface area contributed by atoms with E-state index in [4.69, 9.17) is 9.47 Å². The Hall–Kier alpha value is -2.55. The summed E-state index contributed by atoms with van der Waals surface area (Å²) in [4.78, 5) is 11.9. The number of hydrogen-bond acceptors (Lipinski definition) is 3. The Morgan fingerprint density at radius 2 is 1.65 bits per heavy atom. The van der Waals surface area contributed by atoms with E-state index >= 15 is 0 Å². The molecular weight excluding hydrogens is 252 g/mol. The number of esters is 1. The fourth-order valence-corrected chi connectivity index (χ4v) is 1.82. The van der Waals surface area contributed by atoms with Crippen molar-refractivity contribution >= 4 is 5.97 Å². The fourth-order valence-electron chi connectivity index (χ4n) is 1.82. The van der Waals surface area contributed by atoms with Crippen LogP contribution in [-0.4, -0.2) is 13.1 Å². The van der Waals surface area contributed by atoms with Gasteiger partial charge in [0.25, 0.3) is 0 Å². The third kappa shape index (κ3) is 3.26. The molecule has 0 fully saturated rings. The van der Waals surface area contributed by atoms with Crippen molar-refractivity contribution < 1.29 is 14.3 Å². The molecule has 2 rings (SSSR count). The highest BCUT2D eigenvalue weighted by molar-refractivity contribution is 5.90. The van der Waals surface area contributed by atoms with Gasteiger partial charge in [0, 0.05) is 5.56 Å². The first-order chi connectivity index (χ1) is 9.72. The molecule has 102 valence electrons. The van der Waals surface area contributed by atoms with Crippen LogP contribution in [0.25, 0.3) is 11.1 Å². The van der Waals surface area contributed by atoms with E-state index in [0.717, 1.165) is 11.1 Å². The predicted octanol–water partition coefficient (Wildman–Crippen LogP) is 3.81. The van der Waals surface area contributed by atoms with Crippen molar-refractivity contribution in [2.45, 2.75) is 6.92 Å². The minimum Gasteiger partial charge on any atom is -0.504 e. The van der Waals surface area contributed by atoms with Crippen LogP contribution in [-0.2, 0) is 9.53 Å². The van der Waals surface area contributed by atoms with Crippen LogP contribution < -0.4 is 4.74 Å². The van der Waals surface area contributed by atoms with E-state index in [1.165, 1.54) is 13.4 Å². The maximum atomic E-state index is 11.9. The molecule has 0 atom stereocenters. The van der Waals surface area contributed by atoms with Crippen LogP contribution in [0.2, 0.25) is 0 Å². The van der Waals surface area contributed by atoms with E-state index in [0.29, 0.717) is 11.3 Å². The molecule has 2 aromatic carbocycles. The molecule has 20 heavy (non-hydrogen) atoms. The zero-order valence-electron chi connectivity index (χ0n) is 11.5. The Morgan fingerprint density at radius 1 is 1.00 bits per heavy atom. The van der Waals surface area contributed by atoms with Gasteiger partial charge in [-0.2, -0.15) is 0 Å². The SMILES string of the molecule is COC=C(C)C(=O)Oc1ccccc1-c1ccccc1. The van der Waals surface area contributed by atoms with Crippen molar-refractivity contribution in [2.24, 2.45) is 0 Å². The number of hydrogen-bond donors (Lipinski definition) is 0. The maximum absolute atomic E-state index is 11.9. The van der Waals surface area contributed by atoms with Crippen molar-refractivity contribution in [1.29, 1.82) is 0 Å². The maximum Gasteiger partial charge on any atom is 0.342 e. The Kier molecular flexibility index (Phi) is 4.56. The Morgan fingerprint density at radius 3 is 2.35 bits per heavy atom. The molecule has 0 amide bonds. The molecule has 0 aromatic heterocycles. The van der Waals surface area contributed by atoms with Crippen LogP contribution in [0.15, 0.2) is 66.4 Å². The van der Waals surface area contributed by atoms with Crippen molar-refractivity contribution in [3.05, 3.63) is 66.4 Å². The number of para-hydroxylation sites is 1. The van der Waals surface area contributed by atoms with Gasteiger partial charge in [0.15, 0.2) is 0 Å². The zero-order chi connectivity index (χ0) is 14.4. The summed E-state index contributed by atoms with van der Waals surface area (Å²) in [7, 11) is 1.49. The van der Waals surface area contributed by atoms with Gasteiger partial charge >= 0.3 is 5.97 Å². The van der Waals surface area contributed by atoms with E-state index in [1.54, 1.807) is 13.0 Å². The molecule has 0 aliphatic rings. The van der Waals surface area contributed by atoms with Gasteiger partial charge in [0.05, 0.1) is 18.9 Å².